The first-order chi connectivity index (χ1) is 8.36. The van der Waals surface area contributed by atoms with E-state index in [1.54, 1.807) is 12.1 Å². The first-order valence-electron chi connectivity index (χ1n) is 5.90. The molecule has 0 radical (unpaired) electrons. The summed E-state index contributed by atoms with van der Waals surface area (Å²) in [5.41, 5.74) is 3.19. The van der Waals surface area contributed by atoms with E-state index in [0.717, 1.165) is 19.3 Å². The summed E-state index contributed by atoms with van der Waals surface area (Å²) < 4.78 is 0. The molecule has 0 fully saturated rings. The van der Waals surface area contributed by atoms with Crippen molar-refractivity contribution in [1.82, 2.24) is 5.43 Å². The molecule has 0 spiro atoms. The molecule has 1 amide bonds. The average molecular weight is 228 g/mol. The standard InChI is InChI=1S/C14H16N2O/c17-14(13-9-5-2-6-10-13)16-15-11-12-7-3-1-4-8-12/h1-3,5-6,9-12H,4,7-8H2,(H,16,17)/b15-11-/t12-/m1/s1. The minimum atomic E-state index is -0.159. The van der Waals surface area contributed by atoms with Crippen LogP contribution in [0.3, 0.4) is 0 Å². The second-order valence-electron chi connectivity index (χ2n) is 4.13. The van der Waals surface area contributed by atoms with E-state index in [1.807, 2.05) is 24.4 Å². The molecule has 0 aliphatic heterocycles. The van der Waals surface area contributed by atoms with E-state index < -0.39 is 0 Å². The molecule has 2 rings (SSSR count). The van der Waals surface area contributed by atoms with Gasteiger partial charge in [0.05, 0.1) is 0 Å². The SMILES string of the molecule is O=C(N/N=C\[C@@H]1CC=CCC1)c1ccccc1. The molecule has 1 aromatic carbocycles. The van der Waals surface area contributed by atoms with E-state index in [9.17, 15) is 4.79 Å². The van der Waals surface area contributed by atoms with Gasteiger partial charge in [-0.05, 0) is 37.3 Å². The molecule has 0 saturated carbocycles. The van der Waals surface area contributed by atoms with Crippen molar-refractivity contribution in [3.05, 3.63) is 48.0 Å². The number of hydrogen-bond acceptors (Lipinski definition) is 2. The molecule has 3 heteroatoms. The highest BCUT2D eigenvalue weighted by molar-refractivity contribution is 5.94. The molecule has 0 aromatic heterocycles. The molecule has 0 heterocycles. The van der Waals surface area contributed by atoms with E-state index >= 15 is 0 Å². The third-order valence-electron chi connectivity index (χ3n) is 2.80. The summed E-state index contributed by atoms with van der Waals surface area (Å²) in [6, 6.07) is 9.10. The lowest BCUT2D eigenvalue weighted by Crippen LogP contribution is -2.18. The van der Waals surface area contributed by atoms with Crippen LogP contribution in [0.2, 0.25) is 0 Å². The smallest absolute Gasteiger partial charge is 0.267 e. The Hall–Kier alpha value is -1.90. The fraction of sp³-hybridized carbons (Fsp3) is 0.286. The van der Waals surface area contributed by atoms with E-state index in [-0.39, 0.29) is 5.91 Å². The summed E-state index contributed by atoms with van der Waals surface area (Å²) in [6.45, 7) is 0. The molecular weight excluding hydrogens is 212 g/mol. The van der Waals surface area contributed by atoms with Gasteiger partial charge in [0.25, 0.3) is 5.91 Å². The average Bonchev–Trinajstić information content (AvgIpc) is 2.41. The Labute approximate surface area is 101 Å². The normalized spacial score (nSPS) is 19.4. The predicted molar refractivity (Wildman–Crippen MR) is 68.9 cm³/mol. The second kappa shape index (κ2) is 5.99. The molecule has 1 aromatic rings. The molecule has 3 nitrogen and oxygen atoms in total. The summed E-state index contributed by atoms with van der Waals surface area (Å²) in [7, 11) is 0. The van der Waals surface area contributed by atoms with Gasteiger partial charge in [0, 0.05) is 11.8 Å². The Morgan fingerprint density at radius 1 is 1.29 bits per heavy atom. The van der Waals surface area contributed by atoms with Gasteiger partial charge in [-0.1, -0.05) is 30.4 Å². The number of hydrogen-bond donors (Lipinski definition) is 1. The van der Waals surface area contributed by atoms with Crippen molar-refractivity contribution in [2.75, 3.05) is 0 Å². The molecule has 17 heavy (non-hydrogen) atoms. The maximum atomic E-state index is 11.6. The number of hydrazone groups is 1. The zero-order chi connectivity index (χ0) is 11.9. The number of benzene rings is 1. The second-order valence-corrected chi connectivity index (χ2v) is 4.13. The van der Waals surface area contributed by atoms with Crippen LogP contribution in [0, 0.1) is 5.92 Å². The molecule has 1 aliphatic carbocycles. The fourth-order valence-corrected chi connectivity index (χ4v) is 1.81. The van der Waals surface area contributed by atoms with E-state index in [0.29, 0.717) is 11.5 Å². The van der Waals surface area contributed by atoms with Gasteiger partial charge in [0.15, 0.2) is 0 Å². The maximum Gasteiger partial charge on any atom is 0.271 e. The Morgan fingerprint density at radius 2 is 2.12 bits per heavy atom. The lowest BCUT2D eigenvalue weighted by atomic mass is 9.96. The zero-order valence-corrected chi connectivity index (χ0v) is 9.67. The Kier molecular flexibility index (Phi) is 4.08. The topological polar surface area (TPSA) is 41.5 Å². The third kappa shape index (κ3) is 3.55. The minimum absolute atomic E-state index is 0.159. The molecule has 1 atom stereocenters. The van der Waals surface area contributed by atoms with Crippen molar-refractivity contribution < 1.29 is 4.79 Å². The number of amides is 1. The summed E-state index contributed by atoms with van der Waals surface area (Å²) in [6.07, 6.45) is 9.42. The van der Waals surface area contributed by atoms with Gasteiger partial charge in [-0.3, -0.25) is 4.79 Å². The zero-order valence-electron chi connectivity index (χ0n) is 9.67. The van der Waals surface area contributed by atoms with Crippen LogP contribution in [0.4, 0.5) is 0 Å². The predicted octanol–water partition coefficient (Wildman–Crippen LogP) is 2.76. The lowest BCUT2D eigenvalue weighted by molar-refractivity contribution is 0.0955. The number of carbonyl (C=O) groups excluding carboxylic acids is 1. The van der Waals surface area contributed by atoms with Crippen LogP contribution >= 0.6 is 0 Å². The van der Waals surface area contributed by atoms with Gasteiger partial charge in [-0.15, -0.1) is 0 Å². The summed E-state index contributed by atoms with van der Waals surface area (Å²) >= 11 is 0. The van der Waals surface area contributed by atoms with Crippen LogP contribution in [0.5, 0.6) is 0 Å². The van der Waals surface area contributed by atoms with Crippen molar-refractivity contribution in [3.63, 3.8) is 0 Å². The Bertz CT molecular complexity index is 423. The molecule has 0 unspecified atom stereocenters. The van der Waals surface area contributed by atoms with E-state index in [2.05, 4.69) is 22.7 Å². The third-order valence-corrected chi connectivity index (χ3v) is 2.80. The van der Waals surface area contributed by atoms with Crippen LogP contribution in [-0.2, 0) is 0 Å². The van der Waals surface area contributed by atoms with Crippen molar-refractivity contribution in [2.45, 2.75) is 19.3 Å². The molecule has 0 saturated heterocycles. The van der Waals surface area contributed by atoms with Gasteiger partial charge in [-0.25, -0.2) is 5.43 Å². The first-order valence-corrected chi connectivity index (χ1v) is 5.90. The molecule has 0 bridgehead atoms. The Balaban J connectivity index is 1.84. The monoisotopic (exact) mass is 228 g/mol. The van der Waals surface area contributed by atoms with E-state index in [1.165, 1.54) is 0 Å². The number of allylic oxidation sites excluding steroid dienone is 2. The lowest BCUT2D eigenvalue weighted by Gasteiger charge is -2.11. The van der Waals surface area contributed by atoms with Crippen LogP contribution in [-0.4, -0.2) is 12.1 Å². The molecular formula is C14H16N2O. The van der Waals surface area contributed by atoms with E-state index in [4.69, 9.17) is 0 Å². The highest BCUT2D eigenvalue weighted by atomic mass is 16.2. The van der Waals surface area contributed by atoms with Crippen LogP contribution < -0.4 is 5.43 Å². The molecule has 1 aliphatic rings. The van der Waals surface area contributed by atoms with Gasteiger partial charge in [-0.2, -0.15) is 5.10 Å². The van der Waals surface area contributed by atoms with Gasteiger partial charge >= 0.3 is 0 Å². The van der Waals surface area contributed by atoms with Crippen molar-refractivity contribution in [2.24, 2.45) is 11.0 Å². The number of rotatable bonds is 3. The highest BCUT2D eigenvalue weighted by Gasteiger charge is 2.07. The highest BCUT2D eigenvalue weighted by Crippen LogP contribution is 2.15. The van der Waals surface area contributed by atoms with Gasteiger partial charge < -0.3 is 0 Å². The van der Waals surface area contributed by atoms with Crippen LogP contribution in [0.25, 0.3) is 0 Å². The van der Waals surface area contributed by atoms with Crippen LogP contribution in [0.15, 0.2) is 47.6 Å². The molecule has 1 N–H and O–H groups in total. The van der Waals surface area contributed by atoms with Crippen molar-refractivity contribution in [1.29, 1.82) is 0 Å². The summed E-state index contributed by atoms with van der Waals surface area (Å²) in [5.74, 6) is 0.296. The fourth-order valence-electron chi connectivity index (χ4n) is 1.81. The van der Waals surface area contributed by atoms with Crippen molar-refractivity contribution >= 4 is 12.1 Å². The van der Waals surface area contributed by atoms with Crippen molar-refractivity contribution in [3.8, 4) is 0 Å². The first kappa shape index (κ1) is 11.6. The molecule has 88 valence electrons. The quantitative estimate of drug-likeness (QED) is 0.482. The minimum Gasteiger partial charge on any atom is -0.267 e. The number of nitrogens with one attached hydrogen (secondary N) is 1. The van der Waals surface area contributed by atoms with Gasteiger partial charge in [0.1, 0.15) is 0 Å². The number of nitrogens with zero attached hydrogens (tertiary/aromatic N) is 1. The largest absolute Gasteiger partial charge is 0.271 e. The summed E-state index contributed by atoms with van der Waals surface area (Å²) in [5, 5.41) is 4.01. The number of carbonyl (C=O) groups is 1. The maximum absolute atomic E-state index is 11.6. The summed E-state index contributed by atoms with van der Waals surface area (Å²) in [4.78, 5) is 11.6. The Morgan fingerprint density at radius 3 is 2.82 bits per heavy atom. The van der Waals surface area contributed by atoms with Crippen LogP contribution in [0.1, 0.15) is 29.6 Å². The van der Waals surface area contributed by atoms with Gasteiger partial charge in [0.2, 0.25) is 0 Å².